The summed E-state index contributed by atoms with van der Waals surface area (Å²) in [4.78, 5) is 0. The number of hydrogen-bond donors (Lipinski definition) is 0. The van der Waals surface area contributed by atoms with Gasteiger partial charge in [-0.05, 0) is 60.2 Å². The molecule has 148 valence electrons. The molecule has 0 atom stereocenters. The standard InChI is InChI=1S/C26H23F3/c1-3-5-6-19-10-16-23(24(27)17-19)21-11-7-18(8-12-21)9-13-22-15-14-20(4-2)25(28)26(22)29/h7-8,10-12,14-17H,3-6H2,1-2H3. The molecule has 3 heteroatoms. The predicted octanol–water partition coefficient (Wildman–Crippen LogP) is 7.08. The van der Waals surface area contributed by atoms with Crippen LogP contribution in [0.15, 0.2) is 54.6 Å². The molecule has 0 saturated heterocycles. The molecular formula is C26H23F3. The molecule has 0 radical (unpaired) electrons. The summed E-state index contributed by atoms with van der Waals surface area (Å²) in [5.74, 6) is 3.52. The summed E-state index contributed by atoms with van der Waals surface area (Å²) in [6, 6.07) is 15.5. The van der Waals surface area contributed by atoms with Gasteiger partial charge in [0.25, 0.3) is 0 Å². The molecule has 0 heterocycles. The van der Waals surface area contributed by atoms with Crippen molar-refractivity contribution in [2.24, 2.45) is 0 Å². The molecule has 3 rings (SSSR count). The molecule has 0 aliphatic heterocycles. The number of benzene rings is 3. The molecule has 0 N–H and O–H groups in total. The van der Waals surface area contributed by atoms with Crippen LogP contribution >= 0.6 is 0 Å². The van der Waals surface area contributed by atoms with Crippen molar-refractivity contribution in [3.63, 3.8) is 0 Å². The first-order valence-corrected chi connectivity index (χ1v) is 9.91. The van der Waals surface area contributed by atoms with Gasteiger partial charge in [0.2, 0.25) is 0 Å². The number of rotatable bonds is 5. The maximum absolute atomic E-state index is 14.5. The summed E-state index contributed by atoms with van der Waals surface area (Å²) >= 11 is 0. The van der Waals surface area contributed by atoms with E-state index in [1.807, 2.05) is 6.07 Å². The highest BCUT2D eigenvalue weighted by Gasteiger charge is 2.11. The van der Waals surface area contributed by atoms with E-state index < -0.39 is 11.6 Å². The predicted molar refractivity (Wildman–Crippen MR) is 112 cm³/mol. The Bertz CT molecular complexity index is 1050. The molecule has 0 unspecified atom stereocenters. The summed E-state index contributed by atoms with van der Waals surface area (Å²) in [5, 5.41) is 0. The van der Waals surface area contributed by atoms with Crippen LogP contribution in [-0.4, -0.2) is 0 Å². The molecule has 0 nitrogen and oxygen atoms in total. The average molecular weight is 392 g/mol. The lowest BCUT2D eigenvalue weighted by Crippen LogP contribution is -1.96. The van der Waals surface area contributed by atoms with E-state index in [1.165, 1.54) is 6.07 Å². The molecule has 0 aliphatic carbocycles. The lowest BCUT2D eigenvalue weighted by Gasteiger charge is -2.07. The molecular weight excluding hydrogens is 369 g/mol. The third kappa shape index (κ3) is 4.90. The van der Waals surface area contributed by atoms with Crippen LogP contribution in [0.1, 0.15) is 48.9 Å². The molecule has 0 saturated carbocycles. The fourth-order valence-corrected chi connectivity index (χ4v) is 3.16. The normalized spacial score (nSPS) is 10.5. The third-order valence-electron chi connectivity index (χ3n) is 4.93. The van der Waals surface area contributed by atoms with Gasteiger partial charge in [-0.2, -0.15) is 0 Å². The number of unbranched alkanes of at least 4 members (excludes halogenated alkanes) is 1. The van der Waals surface area contributed by atoms with Crippen LogP contribution in [0.2, 0.25) is 0 Å². The van der Waals surface area contributed by atoms with E-state index in [0.717, 1.165) is 30.4 Å². The van der Waals surface area contributed by atoms with E-state index in [9.17, 15) is 13.2 Å². The molecule has 0 spiro atoms. The molecule has 0 bridgehead atoms. The van der Waals surface area contributed by atoms with Gasteiger partial charge in [-0.15, -0.1) is 0 Å². The maximum atomic E-state index is 14.5. The van der Waals surface area contributed by atoms with Gasteiger partial charge in [0, 0.05) is 11.1 Å². The Kier molecular flexibility index (Phi) is 6.77. The number of aryl methyl sites for hydroxylation is 2. The van der Waals surface area contributed by atoms with Crippen LogP contribution in [0.5, 0.6) is 0 Å². The van der Waals surface area contributed by atoms with Crippen LogP contribution in [0.4, 0.5) is 13.2 Å². The minimum Gasteiger partial charge on any atom is -0.206 e. The maximum Gasteiger partial charge on any atom is 0.174 e. The summed E-state index contributed by atoms with van der Waals surface area (Å²) in [5.41, 5.74) is 3.29. The Hall–Kier alpha value is -2.99. The van der Waals surface area contributed by atoms with Gasteiger partial charge in [-0.25, -0.2) is 13.2 Å². The zero-order chi connectivity index (χ0) is 20.8. The molecule has 0 aromatic heterocycles. The fraction of sp³-hybridized carbons (Fsp3) is 0.231. The van der Waals surface area contributed by atoms with Gasteiger partial charge in [0.05, 0.1) is 5.56 Å². The summed E-state index contributed by atoms with van der Waals surface area (Å²) in [7, 11) is 0. The van der Waals surface area contributed by atoms with Crippen LogP contribution in [0.25, 0.3) is 11.1 Å². The fourth-order valence-electron chi connectivity index (χ4n) is 3.16. The second-order valence-corrected chi connectivity index (χ2v) is 7.00. The zero-order valence-corrected chi connectivity index (χ0v) is 16.7. The molecule has 0 amide bonds. The van der Waals surface area contributed by atoms with Crippen LogP contribution in [-0.2, 0) is 12.8 Å². The molecule has 0 fully saturated rings. The van der Waals surface area contributed by atoms with Crippen LogP contribution in [0, 0.1) is 29.3 Å². The van der Waals surface area contributed by atoms with Gasteiger partial charge < -0.3 is 0 Å². The minimum absolute atomic E-state index is 0.0255. The molecule has 29 heavy (non-hydrogen) atoms. The topological polar surface area (TPSA) is 0 Å². The van der Waals surface area contributed by atoms with Crippen molar-refractivity contribution in [2.75, 3.05) is 0 Å². The second-order valence-electron chi connectivity index (χ2n) is 7.00. The van der Waals surface area contributed by atoms with Crippen LogP contribution < -0.4 is 0 Å². The highest BCUT2D eigenvalue weighted by molar-refractivity contribution is 5.65. The quantitative estimate of drug-likeness (QED) is 0.407. The second kappa shape index (κ2) is 9.47. The van der Waals surface area contributed by atoms with Gasteiger partial charge in [0.15, 0.2) is 11.6 Å². The van der Waals surface area contributed by atoms with Gasteiger partial charge in [-0.3, -0.25) is 0 Å². The first kappa shape index (κ1) is 20.7. The van der Waals surface area contributed by atoms with E-state index in [1.54, 1.807) is 49.4 Å². The van der Waals surface area contributed by atoms with Crippen LogP contribution in [0.3, 0.4) is 0 Å². The Labute approximate surface area is 170 Å². The van der Waals surface area contributed by atoms with Crippen molar-refractivity contribution in [1.82, 2.24) is 0 Å². The monoisotopic (exact) mass is 392 g/mol. The van der Waals surface area contributed by atoms with Crippen molar-refractivity contribution in [3.05, 3.63) is 94.3 Å². The zero-order valence-electron chi connectivity index (χ0n) is 16.7. The van der Waals surface area contributed by atoms with Crippen molar-refractivity contribution in [1.29, 1.82) is 0 Å². The van der Waals surface area contributed by atoms with Crippen molar-refractivity contribution in [3.8, 4) is 23.0 Å². The first-order valence-electron chi connectivity index (χ1n) is 9.91. The summed E-state index contributed by atoms with van der Waals surface area (Å²) < 4.78 is 42.4. The van der Waals surface area contributed by atoms with Gasteiger partial charge in [0.1, 0.15) is 5.82 Å². The van der Waals surface area contributed by atoms with E-state index in [-0.39, 0.29) is 11.4 Å². The summed E-state index contributed by atoms with van der Waals surface area (Å²) in [6.07, 6.45) is 3.41. The Balaban J connectivity index is 1.80. The highest BCUT2D eigenvalue weighted by Crippen LogP contribution is 2.25. The molecule has 0 aliphatic rings. The Morgan fingerprint density at radius 1 is 0.793 bits per heavy atom. The number of halogens is 3. The first-order chi connectivity index (χ1) is 14.0. The van der Waals surface area contributed by atoms with E-state index in [0.29, 0.717) is 23.1 Å². The molecule has 3 aromatic carbocycles. The van der Waals surface area contributed by atoms with E-state index in [4.69, 9.17) is 0 Å². The minimum atomic E-state index is -0.918. The van der Waals surface area contributed by atoms with Gasteiger partial charge in [-0.1, -0.05) is 62.4 Å². The smallest absolute Gasteiger partial charge is 0.174 e. The molecule has 3 aromatic rings. The van der Waals surface area contributed by atoms with Crippen molar-refractivity contribution >= 4 is 0 Å². The third-order valence-corrected chi connectivity index (χ3v) is 4.93. The highest BCUT2D eigenvalue weighted by atomic mass is 19.2. The Morgan fingerprint density at radius 2 is 1.55 bits per heavy atom. The lowest BCUT2D eigenvalue weighted by atomic mass is 10.00. The van der Waals surface area contributed by atoms with Crippen molar-refractivity contribution in [2.45, 2.75) is 39.5 Å². The van der Waals surface area contributed by atoms with E-state index in [2.05, 4.69) is 18.8 Å². The average Bonchev–Trinajstić information content (AvgIpc) is 2.74. The van der Waals surface area contributed by atoms with Crippen molar-refractivity contribution < 1.29 is 13.2 Å². The van der Waals surface area contributed by atoms with E-state index >= 15 is 0 Å². The lowest BCUT2D eigenvalue weighted by molar-refractivity contribution is 0.498. The van der Waals surface area contributed by atoms with Gasteiger partial charge >= 0.3 is 0 Å². The number of hydrogen-bond acceptors (Lipinski definition) is 0. The Morgan fingerprint density at radius 3 is 2.21 bits per heavy atom. The largest absolute Gasteiger partial charge is 0.206 e. The SMILES string of the molecule is CCCCc1ccc(-c2ccc(C#Cc3ccc(CC)c(F)c3F)cc2)c(F)c1. The summed E-state index contributed by atoms with van der Waals surface area (Å²) in [6.45, 7) is 3.88.